The van der Waals surface area contributed by atoms with E-state index in [1.54, 1.807) is 0 Å². The van der Waals surface area contributed by atoms with E-state index in [9.17, 15) is 9.59 Å². The molecule has 0 saturated heterocycles. The standard InChI is InChI=1S/C13H26N2O3/c1-9(2)15-13(18)11(4)14-8-7-10(3)5-6-12(16)17/h9-11,14H,5-8H2,1-4H3,(H,15,18)(H,16,17). The minimum atomic E-state index is -0.750. The molecular weight excluding hydrogens is 232 g/mol. The SMILES string of the molecule is CC(CCNC(C)C(=O)NC(C)C)CCC(=O)O. The maximum Gasteiger partial charge on any atom is 0.303 e. The highest BCUT2D eigenvalue weighted by molar-refractivity contribution is 5.81. The van der Waals surface area contributed by atoms with E-state index in [0.29, 0.717) is 12.3 Å². The molecule has 0 aliphatic rings. The van der Waals surface area contributed by atoms with Crippen molar-refractivity contribution >= 4 is 11.9 Å². The third kappa shape index (κ3) is 8.98. The number of carbonyl (C=O) groups excluding carboxylic acids is 1. The molecule has 5 heteroatoms. The second-order valence-corrected chi connectivity index (χ2v) is 5.17. The number of aliphatic carboxylic acids is 1. The summed E-state index contributed by atoms with van der Waals surface area (Å²) in [6.07, 6.45) is 1.78. The maximum absolute atomic E-state index is 11.6. The Balaban J connectivity index is 3.69. The van der Waals surface area contributed by atoms with Crippen molar-refractivity contribution in [3.63, 3.8) is 0 Å². The van der Waals surface area contributed by atoms with Crippen molar-refractivity contribution < 1.29 is 14.7 Å². The Kier molecular flexibility index (Phi) is 8.37. The Labute approximate surface area is 109 Å². The Morgan fingerprint density at radius 1 is 1.11 bits per heavy atom. The number of nitrogens with one attached hydrogen (secondary N) is 2. The number of carboxylic acid groups (broad SMARTS) is 1. The molecule has 0 heterocycles. The molecule has 0 rings (SSSR count). The average Bonchev–Trinajstić information content (AvgIpc) is 2.25. The van der Waals surface area contributed by atoms with Gasteiger partial charge >= 0.3 is 5.97 Å². The molecule has 2 unspecified atom stereocenters. The van der Waals surface area contributed by atoms with Crippen molar-refractivity contribution in [2.24, 2.45) is 5.92 Å². The van der Waals surface area contributed by atoms with Gasteiger partial charge in [-0.3, -0.25) is 9.59 Å². The highest BCUT2D eigenvalue weighted by Gasteiger charge is 2.13. The van der Waals surface area contributed by atoms with Gasteiger partial charge in [0, 0.05) is 12.5 Å². The van der Waals surface area contributed by atoms with E-state index in [-0.39, 0.29) is 24.4 Å². The van der Waals surface area contributed by atoms with Crippen LogP contribution in [0, 0.1) is 5.92 Å². The molecule has 3 N–H and O–H groups in total. The summed E-state index contributed by atoms with van der Waals surface area (Å²) >= 11 is 0. The van der Waals surface area contributed by atoms with Crippen LogP contribution in [0.15, 0.2) is 0 Å². The monoisotopic (exact) mass is 258 g/mol. The number of hydrogen-bond acceptors (Lipinski definition) is 3. The van der Waals surface area contributed by atoms with Crippen LogP contribution in [0.2, 0.25) is 0 Å². The predicted molar refractivity (Wildman–Crippen MR) is 71.4 cm³/mol. The van der Waals surface area contributed by atoms with Gasteiger partial charge in [-0.1, -0.05) is 6.92 Å². The summed E-state index contributed by atoms with van der Waals surface area (Å²) in [6, 6.07) is -0.0599. The number of rotatable bonds is 9. The fraction of sp³-hybridized carbons (Fsp3) is 0.846. The van der Waals surface area contributed by atoms with Crippen LogP contribution in [-0.4, -0.2) is 35.6 Å². The number of amides is 1. The van der Waals surface area contributed by atoms with Crippen molar-refractivity contribution in [1.29, 1.82) is 0 Å². The van der Waals surface area contributed by atoms with Crippen molar-refractivity contribution in [1.82, 2.24) is 10.6 Å². The molecule has 0 aromatic heterocycles. The van der Waals surface area contributed by atoms with Crippen LogP contribution < -0.4 is 10.6 Å². The molecule has 0 aromatic rings. The van der Waals surface area contributed by atoms with Gasteiger partial charge < -0.3 is 15.7 Å². The molecular formula is C13H26N2O3. The van der Waals surface area contributed by atoms with Crippen LogP contribution >= 0.6 is 0 Å². The lowest BCUT2D eigenvalue weighted by molar-refractivity contribution is -0.137. The van der Waals surface area contributed by atoms with E-state index in [2.05, 4.69) is 10.6 Å². The smallest absolute Gasteiger partial charge is 0.303 e. The van der Waals surface area contributed by atoms with E-state index in [1.165, 1.54) is 0 Å². The molecule has 0 bridgehead atoms. The first-order valence-electron chi connectivity index (χ1n) is 6.58. The fourth-order valence-corrected chi connectivity index (χ4v) is 1.56. The minimum Gasteiger partial charge on any atom is -0.481 e. The van der Waals surface area contributed by atoms with E-state index in [1.807, 2.05) is 27.7 Å². The Hall–Kier alpha value is -1.10. The lowest BCUT2D eigenvalue weighted by Gasteiger charge is -2.17. The van der Waals surface area contributed by atoms with Crippen LogP contribution in [0.3, 0.4) is 0 Å². The van der Waals surface area contributed by atoms with Crippen LogP contribution in [0.25, 0.3) is 0 Å². The Morgan fingerprint density at radius 2 is 1.72 bits per heavy atom. The van der Waals surface area contributed by atoms with Crippen LogP contribution in [0.4, 0.5) is 0 Å². The quantitative estimate of drug-likeness (QED) is 0.584. The third-order valence-corrected chi connectivity index (χ3v) is 2.76. The van der Waals surface area contributed by atoms with E-state index < -0.39 is 5.97 Å². The van der Waals surface area contributed by atoms with Gasteiger partial charge in [-0.25, -0.2) is 0 Å². The summed E-state index contributed by atoms with van der Waals surface area (Å²) in [5.74, 6) is -0.392. The number of carbonyl (C=O) groups is 2. The summed E-state index contributed by atoms with van der Waals surface area (Å²) in [5, 5.41) is 14.6. The number of hydrogen-bond donors (Lipinski definition) is 3. The Morgan fingerprint density at radius 3 is 2.22 bits per heavy atom. The zero-order chi connectivity index (χ0) is 14.1. The highest BCUT2D eigenvalue weighted by atomic mass is 16.4. The molecule has 1 amide bonds. The molecule has 2 atom stereocenters. The predicted octanol–water partition coefficient (Wildman–Crippen LogP) is 1.38. The van der Waals surface area contributed by atoms with Gasteiger partial charge in [0.1, 0.15) is 0 Å². The molecule has 0 fully saturated rings. The highest BCUT2D eigenvalue weighted by Crippen LogP contribution is 2.09. The first kappa shape index (κ1) is 16.9. The van der Waals surface area contributed by atoms with E-state index in [0.717, 1.165) is 13.0 Å². The molecule has 0 spiro atoms. The molecule has 0 saturated carbocycles. The maximum atomic E-state index is 11.6. The second-order valence-electron chi connectivity index (χ2n) is 5.17. The molecule has 106 valence electrons. The van der Waals surface area contributed by atoms with Crippen LogP contribution in [-0.2, 0) is 9.59 Å². The summed E-state index contributed by atoms with van der Waals surface area (Å²) in [6.45, 7) is 8.45. The van der Waals surface area contributed by atoms with Gasteiger partial charge in [0.15, 0.2) is 0 Å². The van der Waals surface area contributed by atoms with Crippen molar-refractivity contribution in [2.45, 2.75) is 59.0 Å². The molecule has 0 aliphatic heterocycles. The van der Waals surface area contributed by atoms with Gasteiger partial charge in [0.2, 0.25) is 5.91 Å². The fourth-order valence-electron chi connectivity index (χ4n) is 1.56. The average molecular weight is 258 g/mol. The van der Waals surface area contributed by atoms with Gasteiger partial charge in [-0.15, -0.1) is 0 Å². The first-order chi connectivity index (χ1) is 8.32. The van der Waals surface area contributed by atoms with E-state index in [4.69, 9.17) is 5.11 Å². The van der Waals surface area contributed by atoms with Gasteiger partial charge in [-0.05, 0) is 46.1 Å². The Bertz CT molecular complexity index is 267. The summed E-state index contributed by atoms with van der Waals surface area (Å²) in [5.41, 5.74) is 0. The molecule has 5 nitrogen and oxygen atoms in total. The normalized spacial score (nSPS) is 14.3. The lowest BCUT2D eigenvalue weighted by Crippen LogP contribution is -2.45. The summed E-state index contributed by atoms with van der Waals surface area (Å²) in [7, 11) is 0. The summed E-state index contributed by atoms with van der Waals surface area (Å²) in [4.78, 5) is 22.0. The zero-order valence-electron chi connectivity index (χ0n) is 11.8. The largest absolute Gasteiger partial charge is 0.481 e. The molecule has 0 radical (unpaired) electrons. The van der Waals surface area contributed by atoms with Gasteiger partial charge in [-0.2, -0.15) is 0 Å². The lowest BCUT2D eigenvalue weighted by atomic mass is 10.0. The van der Waals surface area contributed by atoms with Gasteiger partial charge in [0.25, 0.3) is 0 Å². The van der Waals surface area contributed by atoms with Crippen molar-refractivity contribution in [3.8, 4) is 0 Å². The zero-order valence-corrected chi connectivity index (χ0v) is 11.8. The number of carboxylic acids is 1. The first-order valence-corrected chi connectivity index (χ1v) is 6.58. The van der Waals surface area contributed by atoms with Crippen LogP contribution in [0.5, 0.6) is 0 Å². The van der Waals surface area contributed by atoms with Crippen LogP contribution in [0.1, 0.15) is 47.0 Å². The minimum absolute atomic E-state index is 0.00295. The second kappa shape index (κ2) is 8.91. The third-order valence-electron chi connectivity index (χ3n) is 2.76. The summed E-state index contributed by atoms with van der Waals surface area (Å²) < 4.78 is 0. The van der Waals surface area contributed by atoms with Crippen molar-refractivity contribution in [2.75, 3.05) is 6.54 Å². The topological polar surface area (TPSA) is 78.4 Å². The van der Waals surface area contributed by atoms with E-state index >= 15 is 0 Å². The molecule has 0 aliphatic carbocycles. The van der Waals surface area contributed by atoms with Crippen molar-refractivity contribution in [3.05, 3.63) is 0 Å². The molecule has 18 heavy (non-hydrogen) atoms. The van der Waals surface area contributed by atoms with Gasteiger partial charge in [0.05, 0.1) is 6.04 Å². The molecule has 0 aromatic carbocycles.